The molecule has 1 aliphatic heterocycles. The highest BCUT2D eigenvalue weighted by Gasteiger charge is 2.37. The quantitative estimate of drug-likeness (QED) is 0.369. The molecule has 4 nitrogen and oxygen atoms in total. The Morgan fingerprint density at radius 2 is 2.12 bits per heavy atom. The Labute approximate surface area is 171 Å². The van der Waals surface area contributed by atoms with Crippen molar-refractivity contribution in [2.45, 2.75) is 45.1 Å². The molecule has 0 spiro atoms. The fraction of sp³-hybridized carbons (Fsp3) is 0.444. The molecule has 1 amide bonds. The van der Waals surface area contributed by atoms with E-state index in [4.69, 9.17) is 17.0 Å². The number of phenolic OH excluding ortho intramolecular Hbond substituents is 1. The van der Waals surface area contributed by atoms with Crippen molar-refractivity contribution in [2.75, 3.05) is 6.61 Å². The highest BCUT2D eigenvalue weighted by Crippen LogP contribution is 2.39. The minimum atomic E-state index is 0.00273. The molecular formula is C18H20INO3S2. The lowest BCUT2D eigenvalue weighted by Gasteiger charge is -2.29. The van der Waals surface area contributed by atoms with Crippen molar-refractivity contribution in [1.82, 2.24) is 4.90 Å². The van der Waals surface area contributed by atoms with Gasteiger partial charge in [0.1, 0.15) is 4.32 Å². The van der Waals surface area contributed by atoms with E-state index in [1.807, 2.05) is 19.1 Å². The molecule has 1 aromatic rings. The topological polar surface area (TPSA) is 49.8 Å². The van der Waals surface area contributed by atoms with E-state index in [9.17, 15) is 9.90 Å². The molecule has 0 unspecified atom stereocenters. The van der Waals surface area contributed by atoms with Crippen LogP contribution >= 0.6 is 46.6 Å². The number of hydrogen-bond acceptors (Lipinski definition) is 5. The van der Waals surface area contributed by atoms with Crippen LogP contribution in [0.25, 0.3) is 6.08 Å². The van der Waals surface area contributed by atoms with E-state index < -0.39 is 0 Å². The number of rotatable bonds is 4. The molecule has 1 saturated heterocycles. The molecule has 1 saturated carbocycles. The minimum absolute atomic E-state index is 0.00273. The first-order valence-electron chi connectivity index (χ1n) is 8.43. The number of halogens is 1. The first-order valence-corrected chi connectivity index (χ1v) is 10.7. The summed E-state index contributed by atoms with van der Waals surface area (Å²) < 4.78 is 6.82. The standard InChI is InChI=1S/C18H20INO3S2/c1-2-23-14-9-11(8-13(19)16(14)21)10-15-17(22)20(18(24)25-15)12-6-4-3-5-7-12/h8-10,12,21H,2-7H2,1H3. The number of hydrogen-bond donors (Lipinski definition) is 1. The van der Waals surface area contributed by atoms with Crippen LogP contribution in [-0.4, -0.2) is 32.9 Å². The molecule has 7 heteroatoms. The Balaban J connectivity index is 1.86. The molecule has 2 fully saturated rings. The number of thioether (sulfide) groups is 1. The van der Waals surface area contributed by atoms with Gasteiger partial charge in [-0.25, -0.2) is 0 Å². The van der Waals surface area contributed by atoms with Crippen LogP contribution in [0, 0.1) is 3.57 Å². The maximum absolute atomic E-state index is 12.8. The third-order valence-corrected chi connectivity index (χ3v) is 6.56. The lowest BCUT2D eigenvalue weighted by Crippen LogP contribution is -2.39. The zero-order chi connectivity index (χ0) is 18.0. The van der Waals surface area contributed by atoms with E-state index in [1.165, 1.54) is 18.2 Å². The molecule has 0 radical (unpaired) electrons. The van der Waals surface area contributed by atoms with Gasteiger partial charge in [0.2, 0.25) is 0 Å². The van der Waals surface area contributed by atoms with Gasteiger partial charge in [-0.3, -0.25) is 9.69 Å². The summed E-state index contributed by atoms with van der Waals surface area (Å²) in [5.41, 5.74) is 0.829. The van der Waals surface area contributed by atoms with Crippen LogP contribution < -0.4 is 4.74 Å². The van der Waals surface area contributed by atoms with Gasteiger partial charge in [-0.15, -0.1) is 0 Å². The van der Waals surface area contributed by atoms with Gasteiger partial charge in [0.05, 0.1) is 15.1 Å². The van der Waals surface area contributed by atoms with Crippen molar-refractivity contribution in [3.8, 4) is 11.5 Å². The van der Waals surface area contributed by atoms with Gasteiger partial charge in [-0.05, 0) is 66.1 Å². The maximum atomic E-state index is 12.8. The predicted molar refractivity (Wildman–Crippen MR) is 114 cm³/mol. The fourth-order valence-electron chi connectivity index (χ4n) is 3.23. The molecule has 0 bridgehead atoms. The number of ether oxygens (including phenoxy) is 1. The van der Waals surface area contributed by atoms with Crippen molar-refractivity contribution in [1.29, 1.82) is 0 Å². The van der Waals surface area contributed by atoms with Crippen molar-refractivity contribution in [2.24, 2.45) is 0 Å². The average molecular weight is 489 g/mol. The third-order valence-electron chi connectivity index (χ3n) is 4.41. The summed E-state index contributed by atoms with van der Waals surface area (Å²) >= 11 is 8.89. The van der Waals surface area contributed by atoms with Crippen LogP contribution in [0.4, 0.5) is 0 Å². The van der Waals surface area contributed by atoms with Crippen LogP contribution in [0.5, 0.6) is 11.5 Å². The molecule has 1 aromatic carbocycles. The highest BCUT2D eigenvalue weighted by molar-refractivity contribution is 14.1. The summed E-state index contributed by atoms with van der Waals surface area (Å²) in [6.07, 6.45) is 7.47. The Hall–Kier alpha value is -0.800. The molecule has 3 rings (SSSR count). The van der Waals surface area contributed by atoms with Crippen molar-refractivity contribution >= 4 is 62.9 Å². The van der Waals surface area contributed by atoms with E-state index in [-0.39, 0.29) is 17.7 Å². The summed E-state index contributed by atoms with van der Waals surface area (Å²) in [7, 11) is 0. The van der Waals surface area contributed by atoms with E-state index in [1.54, 1.807) is 11.0 Å². The second-order valence-corrected chi connectivity index (χ2v) is 8.96. The number of benzene rings is 1. The molecule has 1 heterocycles. The van der Waals surface area contributed by atoms with Crippen LogP contribution in [-0.2, 0) is 4.79 Å². The average Bonchev–Trinajstić information content (AvgIpc) is 2.87. The summed E-state index contributed by atoms with van der Waals surface area (Å²) in [5.74, 6) is 0.570. The smallest absolute Gasteiger partial charge is 0.266 e. The van der Waals surface area contributed by atoms with Crippen LogP contribution in [0.15, 0.2) is 17.0 Å². The summed E-state index contributed by atoms with van der Waals surface area (Å²) in [6.45, 7) is 2.34. The second-order valence-electron chi connectivity index (χ2n) is 6.13. The van der Waals surface area contributed by atoms with Crippen LogP contribution in [0.2, 0.25) is 0 Å². The number of carbonyl (C=O) groups excluding carboxylic acids is 1. The zero-order valence-electron chi connectivity index (χ0n) is 14.0. The number of carbonyl (C=O) groups is 1. The Kier molecular flexibility index (Phi) is 6.27. The van der Waals surface area contributed by atoms with Gasteiger partial charge in [0.15, 0.2) is 11.5 Å². The van der Waals surface area contributed by atoms with Crippen molar-refractivity contribution < 1.29 is 14.6 Å². The molecular weight excluding hydrogens is 469 g/mol. The van der Waals surface area contributed by atoms with Gasteiger partial charge in [0.25, 0.3) is 5.91 Å². The van der Waals surface area contributed by atoms with E-state index in [0.717, 1.165) is 31.2 Å². The lowest BCUT2D eigenvalue weighted by molar-refractivity contribution is -0.124. The van der Waals surface area contributed by atoms with Gasteiger partial charge in [-0.2, -0.15) is 0 Å². The first kappa shape index (κ1) is 19.0. The number of phenols is 1. The summed E-state index contributed by atoms with van der Waals surface area (Å²) in [6, 6.07) is 3.84. The van der Waals surface area contributed by atoms with Gasteiger partial charge in [0, 0.05) is 6.04 Å². The molecule has 0 aromatic heterocycles. The number of thiocarbonyl (C=S) groups is 1. The van der Waals surface area contributed by atoms with Crippen LogP contribution in [0.1, 0.15) is 44.6 Å². The second kappa shape index (κ2) is 8.26. The normalized spacial score (nSPS) is 20.6. The molecule has 0 atom stereocenters. The van der Waals surface area contributed by atoms with Gasteiger partial charge >= 0.3 is 0 Å². The monoisotopic (exact) mass is 489 g/mol. The van der Waals surface area contributed by atoms with Gasteiger partial charge < -0.3 is 9.84 Å². The molecule has 25 heavy (non-hydrogen) atoms. The molecule has 1 aliphatic carbocycles. The van der Waals surface area contributed by atoms with E-state index in [0.29, 0.717) is 25.2 Å². The summed E-state index contributed by atoms with van der Waals surface area (Å²) in [5, 5.41) is 10.1. The Bertz CT molecular complexity index is 729. The zero-order valence-corrected chi connectivity index (χ0v) is 17.7. The predicted octanol–water partition coefficient (Wildman–Crippen LogP) is 4.93. The maximum Gasteiger partial charge on any atom is 0.266 e. The number of nitrogens with zero attached hydrogens (tertiary/aromatic N) is 1. The molecule has 1 N–H and O–H groups in total. The molecule has 2 aliphatic rings. The highest BCUT2D eigenvalue weighted by atomic mass is 127. The van der Waals surface area contributed by atoms with Gasteiger partial charge in [-0.1, -0.05) is 43.2 Å². The van der Waals surface area contributed by atoms with Crippen molar-refractivity contribution in [3.05, 3.63) is 26.2 Å². The minimum Gasteiger partial charge on any atom is -0.504 e. The SMILES string of the molecule is CCOc1cc(C=C2SC(=S)N(C3CCCCC3)C2=O)cc(I)c1O. The van der Waals surface area contributed by atoms with Crippen molar-refractivity contribution in [3.63, 3.8) is 0 Å². The van der Waals surface area contributed by atoms with E-state index >= 15 is 0 Å². The van der Waals surface area contributed by atoms with Crippen LogP contribution in [0.3, 0.4) is 0 Å². The number of amides is 1. The number of aromatic hydroxyl groups is 1. The fourth-order valence-corrected chi connectivity index (χ4v) is 5.25. The lowest BCUT2D eigenvalue weighted by atomic mass is 9.94. The third kappa shape index (κ3) is 4.14. The first-order chi connectivity index (χ1) is 12.0. The Morgan fingerprint density at radius 3 is 2.80 bits per heavy atom. The Morgan fingerprint density at radius 1 is 1.40 bits per heavy atom. The van der Waals surface area contributed by atoms with E-state index in [2.05, 4.69) is 22.6 Å². The summed E-state index contributed by atoms with van der Waals surface area (Å²) in [4.78, 5) is 15.3. The molecule has 134 valence electrons. The largest absolute Gasteiger partial charge is 0.504 e.